The maximum Gasteiger partial charge on any atom is 0.103 e. The average Bonchev–Trinajstić information content (AvgIpc) is 3.48. The molecular weight excluding hydrogens is 566 g/mol. The van der Waals surface area contributed by atoms with Gasteiger partial charge in [-0.15, -0.1) is 11.3 Å². The molecule has 8 heteroatoms. The van der Waals surface area contributed by atoms with E-state index in [-0.39, 0.29) is 0 Å². The van der Waals surface area contributed by atoms with Crippen molar-refractivity contribution in [2.24, 2.45) is 0 Å². The molecule has 6 rings (SSSR count). The topological polar surface area (TPSA) is 73.6 Å². The van der Waals surface area contributed by atoms with Crippen molar-refractivity contribution >= 4 is 57.0 Å². The van der Waals surface area contributed by atoms with Gasteiger partial charge in [-0.1, -0.05) is 53.7 Å². The van der Waals surface area contributed by atoms with E-state index in [1.54, 1.807) is 29.3 Å². The number of hydrogen-bond donors (Lipinski definition) is 2. The Labute approximate surface area is 251 Å². The van der Waals surface area contributed by atoms with E-state index in [9.17, 15) is 5.26 Å². The SMILES string of the molecule is N#Cc1cnc2cc(-c3csc(CNCc4ccncc4)c3)ccc2c1Nc1ccc(Sc2ccccc2)c(Cl)c1. The highest BCUT2D eigenvalue weighted by Gasteiger charge is 2.13. The number of hydrogen-bond acceptors (Lipinski definition) is 7. The van der Waals surface area contributed by atoms with Gasteiger partial charge in [-0.2, -0.15) is 5.26 Å². The minimum atomic E-state index is 0.474. The number of aromatic nitrogens is 2. The van der Waals surface area contributed by atoms with Crippen molar-refractivity contribution in [1.82, 2.24) is 15.3 Å². The molecule has 0 amide bonds. The second kappa shape index (κ2) is 12.5. The first kappa shape index (κ1) is 27.0. The van der Waals surface area contributed by atoms with Crippen LogP contribution in [0.2, 0.25) is 5.02 Å². The van der Waals surface area contributed by atoms with E-state index in [1.807, 2.05) is 67.0 Å². The average molecular weight is 590 g/mol. The highest BCUT2D eigenvalue weighted by Crippen LogP contribution is 2.37. The Bertz CT molecular complexity index is 1850. The van der Waals surface area contributed by atoms with Crippen molar-refractivity contribution in [2.75, 3.05) is 5.32 Å². The molecule has 0 aliphatic carbocycles. The molecule has 0 unspecified atom stereocenters. The maximum absolute atomic E-state index is 9.83. The van der Waals surface area contributed by atoms with Gasteiger partial charge >= 0.3 is 0 Å². The summed E-state index contributed by atoms with van der Waals surface area (Å²) in [5.74, 6) is 0. The van der Waals surface area contributed by atoms with Crippen molar-refractivity contribution < 1.29 is 0 Å². The van der Waals surface area contributed by atoms with E-state index >= 15 is 0 Å². The monoisotopic (exact) mass is 589 g/mol. The fraction of sp³-hybridized carbons (Fsp3) is 0.0606. The highest BCUT2D eigenvalue weighted by atomic mass is 35.5. The molecule has 0 radical (unpaired) electrons. The lowest BCUT2D eigenvalue weighted by Gasteiger charge is -2.13. The fourth-order valence-electron chi connectivity index (χ4n) is 4.47. The number of nitriles is 1. The molecule has 3 aromatic carbocycles. The highest BCUT2D eigenvalue weighted by molar-refractivity contribution is 7.99. The predicted molar refractivity (Wildman–Crippen MR) is 170 cm³/mol. The molecule has 5 nitrogen and oxygen atoms in total. The summed E-state index contributed by atoms with van der Waals surface area (Å²) in [4.78, 5) is 12.0. The summed E-state index contributed by atoms with van der Waals surface area (Å²) in [5, 5.41) is 20.5. The van der Waals surface area contributed by atoms with Crippen LogP contribution in [-0.4, -0.2) is 9.97 Å². The van der Waals surface area contributed by atoms with Crippen LogP contribution >= 0.6 is 34.7 Å². The molecule has 0 spiro atoms. The zero-order valence-corrected chi connectivity index (χ0v) is 24.2. The number of benzene rings is 3. The molecule has 6 aromatic rings. The number of rotatable bonds is 9. The summed E-state index contributed by atoms with van der Waals surface area (Å²) >= 11 is 10.00. The third-order valence-electron chi connectivity index (χ3n) is 6.53. The van der Waals surface area contributed by atoms with Crippen molar-refractivity contribution in [3.05, 3.63) is 130 Å². The third-order valence-corrected chi connectivity index (χ3v) is 8.97. The smallest absolute Gasteiger partial charge is 0.103 e. The van der Waals surface area contributed by atoms with E-state index in [0.717, 1.165) is 56.3 Å². The van der Waals surface area contributed by atoms with Gasteiger partial charge in [0.15, 0.2) is 0 Å². The fourth-order valence-corrected chi connectivity index (χ4v) is 6.47. The van der Waals surface area contributed by atoms with Crippen molar-refractivity contribution in [3.63, 3.8) is 0 Å². The number of pyridine rings is 2. The lowest BCUT2D eigenvalue weighted by Crippen LogP contribution is -2.11. The minimum absolute atomic E-state index is 0.474. The van der Waals surface area contributed by atoms with Gasteiger partial charge in [0.25, 0.3) is 0 Å². The molecule has 0 aliphatic heterocycles. The number of anilines is 2. The molecule has 3 heterocycles. The summed E-state index contributed by atoms with van der Waals surface area (Å²) in [6.07, 6.45) is 5.25. The molecule has 3 aromatic heterocycles. The summed E-state index contributed by atoms with van der Waals surface area (Å²) in [5.41, 5.74) is 6.26. The van der Waals surface area contributed by atoms with Crippen molar-refractivity contribution in [2.45, 2.75) is 22.9 Å². The summed E-state index contributed by atoms with van der Waals surface area (Å²) in [7, 11) is 0. The predicted octanol–water partition coefficient (Wildman–Crippen LogP) is 9.07. The van der Waals surface area contributed by atoms with E-state index in [1.165, 1.54) is 10.4 Å². The van der Waals surface area contributed by atoms with Gasteiger partial charge in [-0.25, -0.2) is 0 Å². The van der Waals surface area contributed by atoms with Crippen LogP contribution in [0.5, 0.6) is 0 Å². The first-order chi connectivity index (χ1) is 20.2. The molecule has 41 heavy (non-hydrogen) atoms. The van der Waals surface area contributed by atoms with Crippen LogP contribution in [0, 0.1) is 11.3 Å². The van der Waals surface area contributed by atoms with Gasteiger partial charge < -0.3 is 10.6 Å². The van der Waals surface area contributed by atoms with Crippen LogP contribution in [0.4, 0.5) is 11.4 Å². The van der Waals surface area contributed by atoms with Gasteiger partial charge in [0.05, 0.1) is 21.8 Å². The Morgan fingerprint density at radius 1 is 0.902 bits per heavy atom. The second-order valence-corrected chi connectivity index (χ2v) is 11.9. The van der Waals surface area contributed by atoms with Crippen LogP contribution in [0.15, 0.2) is 119 Å². The molecule has 0 saturated heterocycles. The Kier molecular flexibility index (Phi) is 8.26. The zero-order chi connectivity index (χ0) is 28.0. The number of nitrogens with one attached hydrogen (secondary N) is 2. The van der Waals surface area contributed by atoms with Crippen LogP contribution in [-0.2, 0) is 13.1 Å². The van der Waals surface area contributed by atoms with Crippen LogP contribution in [0.25, 0.3) is 22.0 Å². The number of fused-ring (bicyclic) bond motifs is 1. The Morgan fingerprint density at radius 3 is 2.56 bits per heavy atom. The molecule has 0 aliphatic rings. The number of nitrogens with zero attached hydrogens (tertiary/aromatic N) is 3. The van der Waals surface area contributed by atoms with Gasteiger partial charge in [-0.05, 0) is 76.7 Å². The maximum atomic E-state index is 9.83. The largest absolute Gasteiger partial charge is 0.354 e. The van der Waals surface area contributed by atoms with Gasteiger partial charge in [0.1, 0.15) is 6.07 Å². The van der Waals surface area contributed by atoms with E-state index < -0.39 is 0 Å². The van der Waals surface area contributed by atoms with Crippen LogP contribution < -0.4 is 10.6 Å². The molecule has 2 N–H and O–H groups in total. The summed E-state index contributed by atoms with van der Waals surface area (Å²) in [6, 6.07) is 30.7. The lowest BCUT2D eigenvalue weighted by atomic mass is 10.0. The lowest BCUT2D eigenvalue weighted by molar-refractivity contribution is 0.700. The molecule has 0 atom stereocenters. The Hall–Kier alpha value is -4.19. The van der Waals surface area contributed by atoms with Gasteiger partial charge in [0, 0.05) is 57.4 Å². The molecular formula is C33H24ClN5S2. The molecule has 200 valence electrons. The second-order valence-electron chi connectivity index (χ2n) is 9.34. The number of halogens is 1. The van der Waals surface area contributed by atoms with Gasteiger partial charge in [0.2, 0.25) is 0 Å². The Morgan fingerprint density at radius 2 is 1.76 bits per heavy atom. The summed E-state index contributed by atoms with van der Waals surface area (Å²) < 4.78 is 0. The first-order valence-corrected chi connectivity index (χ1v) is 15.0. The van der Waals surface area contributed by atoms with Gasteiger partial charge in [-0.3, -0.25) is 9.97 Å². The third kappa shape index (κ3) is 6.43. The Balaban J connectivity index is 1.21. The standard InChI is InChI=1S/C33H24ClN5S2/c34-30-16-26(7-9-32(30)41-27-4-2-1-3-5-27)39-33-25(17-35)19-38-31-15-23(6-8-29(31)33)24-14-28(40-21-24)20-37-18-22-10-12-36-13-11-22/h1-16,19,21,37H,18,20H2,(H,38,39). The number of thiophene rings is 1. The van der Waals surface area contributed by atoms with Crippen molar-refractivity contribution in [1.29, 1.82) is 5.26 Å². The van der Waals surface area contributed by atoms with E-state index in [2.05, 4.69) is 62.4 Å². The molecule has 0 saturated carbocycles. The van der Waals surface area contributed by atoms with Crippen molar-refractivity contribution in [3.8, 4) is 17.2 Å². The molecule has 0 fully saturated rings. The van der Waals surface area contributed by atoms with Crippen LogP contribution in [0.1, 0.15) is 16.0 Å². The van der Waals surface area contributed by atoms with Crippen LogP contribution in [0.3, 0.4) is 0 Å². The molecule has 0 bridgehead atoms. The summed E-state index contributed by atoms with van der Waals surface area (Å²) in [6.45, 7) is 1.59. The minimum Gasteiger partial charge on any atom is -0.354 e. The first-order valence-electron chi connectivity index (χ1n) is 13.0. The normalized spacial score (nSPS) is 10.9. The van der Waals surface area contributed by atoms with E-state index in [4.69, 9.17) is 11.6 Å². The zero-order valence-electron chi connectivity index (χ0n) is 21.8. The van der Waals surface area contributed by atoms with E-state index in [0.29, 0.717) is 10.6 Å². The quantitative estimate of drug-likeness (QED) is 0.175.